The Morgan fingerprint density at radius 2 is 1.96 bits per heavy atom. The summed E-state index contributed by atoms with van der Waals surface area (Å²) in [5, 5.41) is 6.91. The molecule has 3 rings (SSSR count). The van der Waals surface area contributed by atoms with E-state index in [2.05, 4.69) is 10.7 Å². The fraction of sp³-hybridized carbons (Fsp3) is 0.316. The van der Waals surface area contributed by atoms with Crippen molar-refractivity contribution in [3.8, 4) is 0 Å². The number of rotatable bonds is 7. The van der Waals surface area contributed by atoms with Gasteiger partial charge < -0.3 is 5.32 Å². The Labute approximate surface area is 150 Å². The molecule has 0 unspecified atom stereocenters. The molecule has 3 amide bonds. The van der Waals surface area contributed by atoms with Crippen molar-refractivity contribution in [3.05, 3.63) is 57.3 Å². The summed E-state index contributed by atoms with van der Waals surface area (Å²) in [6.45, 7) is 2.96. The van der Waals surface area contributed by atoms with Crippen molar-refractivity contribution in [3.63, 3.8) is 0 Å². The van der Waals surface area contributed by atoms with E-state index in [0.29, 0.717) is 29.8 Å². The van der Waals surface area contributed by atoms with Crippen molar-refractivity contribution in [2.24, 2.45) is 0 Å². The van der Waals surface area contributed by atoms with Crippen LogP contribution in [0.15, 0.2) is 35.0 Å². The number of imide groups is 1. The molecule has 2 aromatic rings. The average molecular weight is 356 g/mol. The van der Waals surface area contributed by atoms with Crippen LogP contribution in [0.5, 0.6) is 0 Å². The molecule has 0 aliphatic carbocycles. The number of thiophene rings is 1. The van der Waals surface area contributed by atoms with E-state index in [-0.39, 0.29) is 17.7 Å². The number of carbonyl (C=O) groups is 3. The van der Waals surface area contributed by atoms with Gasteiger partial charge >= 0.3 is 0 Å². The molecule has 1 N–H and O–H groups in total. The van der Waals surface area contributed by atoms with Gasteiger partial charge in [-0.15, -0.1) is 0 Å². The molecule has 0 saturated heterocycles. The zero-order valence-corrected chi connectivity index (χ0v) is 14.9. The zero-order chi connectivity index (χ0) is 17.8. The molecular weight excluding hydrogens is 336 g/mol. The van der Waals surface area contributed by atoms with Crippen LogP contribution in [-0.2, 0) is 6.42 Å². The standard InChI is InChI=1S/C19H20N2O3S/c1-2-3-9-21-18(23)15-5-4-14(11-16(15)19(21)24)17(22)20-8-6-13-7-10-25-12-13/h4-5,7,10-12H,2-3,6,8-9H2,1H3,(H,20,22). The molecule has 1 aliphatic heterocycles. The third-order valence-electron chi connectivity index (χ3n) is 4.25. The van der Waals surface area contributed by atoms with Gasteiger partial charge in [0.2, 0.25) is 0 Å². The Hall–Kier alpha value is -2.47. The third-order valence-corrected chi connectivity index (χ3v) is 4.98. The van der Waals surface area contributed by atoms with E-state index in [9.17, 15) is 14.4 Å². The highest BCUT2D eigenvalue weighted by Crippen LogP contribution is 2.24. The predicted molar refractivity (Wildman–Crippen MR) is 97.1 cm³/mol. The second-order valence-electron chi connectivity index (χ2n) is 6.01. The summed E-state index contributed by atoms with van der Waals surface area (Å²) < 4.78 is 0. The molecular formula is C19H20N2O3S. The van der Waals surface area contributed by atoms with Crippen LogP contribution in [0.2, 0.25) is 0 Å². The number of fused-ring (bicyclic) bond motifs is 1. The smallest absolute Gasteiger partial charge is 0.261 e. The second kappa shape index (κ2) is 7.61. The maximum absolute atomic E-state index is 12.4. The van der Waals surface area contributed by atoms with Crippen molar-refractivity contribution >= 4 is 29.1 Å². The molecule has 130 valence electrons. The van der Waals surface area contributed by atoms with Crippen molar-refractivity contribution < 1.29 is 14.4 Å². The van der Waals surface area contributed by atoms with Crippen LogP contribution in [0.4, 0.5) is 0 Å². The molecule has 2 heterocycles. The Morgan fingerprint density at radius 3 is 2.68 bits per heavy atom. The quantitative estimate of drug-likeness (QED) is 0.775. The third kappa shape index (κ3) is 3.64. The van der Waals surface area contributed by atoms with Gasteiger partial charge in [0.05, 0.1) is 11.1 Å². The largest absolute Gasteiger partial charge is 0.352 e. The average Bonchev–Trinajstić information content (AvgIpc) is 3.21. The van der Waals surface area contributed by atoms with Gasteiger partial charge in [-0.2, -0.15) is 11.3 Å². The first kappa shape index (κ1) is 17.4. The minimum Gasteiger partial charge on any atom is -0.352 e. The summed E-state index contributed by atoms with van der Waals surface area (Å²) in [6.07, 6.45) is 2.45. The molecule has 0 radical (unpaired) electrons. The van der Waals surface area contributed by atoms with Gasteiger partial charge in [0, 0.05) is 18.7 Å². The van der Waals surface area contributed by atoms with Crippen LogP contribution in [0.25, 0.3) is 0 Å². The van der Waals surface area contributed by atoms with E-state index >= 15 is 0 Å². The molecule has 0 saturated carbocycles. The molecule has 0 fully saturated rings. The number of unbranched alkanes of at least 4 members (excludes halogenated alkanes) is 1. The first-order valence-electron chi connectivity index (χ1n) is 8.41. The van der Waals surface area contributed by atoms with Gasteiger partial charge in [-0.1, -0.05) is 13.3 Å². The Balaban J connectivity index is 1.67. The van der Waals surface area contributed by atoms with Gasteiger partial charge in [-0.05, 0) is 53.4 Å². The summed E-state index contributed by atoms with van der Waals surface area (Å²) in [7, 11) is 0. The molecule has 1 aromatic heterocycles. The van der Waals surface area contributed by atoms with Crippen LogP contribution in [0, 0.1) is 0 Å². The van der Waals surface area contributed by atoms with Gasteiger partial charge in [0.1, 0.15) is 0 Å². The van der Waals surface area contributed by atoms with E-state index < -0.39 is 0 Å². The number of amides is 3. The number of hydrogen-bond donors (Lipinski definition) is 1. The molecule has 0 spiro atoms. The lowest BCUT2D eigenvalue weighted by Crippen LogP contribution is -2.30. The molecule has 1 aliphatic rings. The fourth-order valence-electron chi connectivity index (χ4n) is 2.81. The lowest BCUT2D eigenvalue weighted by molar-refractivity contribution is 0.0652. The van der Waals surface area contributed by atoms with Crippen molar-refractivity contribution in [2.75, 3.05) is 13.1 Å². The maximum atomic E-state index is 12.4. The molecule has 0 atom stereocenters. The zero-order valence-electron chi connectivity index (χ0n) is 14.1. The lowest BCUT2D eigenvalue weighted by Gasteiger charge is -2.12. The van der Waals surface area contributed by atoms with E-state index in [4.69, 9.17) is 0 Å². The molecule has 25 heavy (non-hydrogen) atoms. The highest BCUT2D eigenvalue weighted by molar-refractivity contribution is 7.07. The first-order chi connectivity index (χ1) is 12.1. The fourth-order valence-corrected chi connectivity index (χ4v) is 3.51. The number of hydrogen-bond acceptors (Lipinski definition) is 4. The van der Waals surface area contributed by atoms with Gasteiger partial charge in [0.25, 0.3) is 17.7 Å². The Bertz CT molecular complexity index is 799. The Morgan fingerprint density at radius 1 is 1.16 bits per heavy atom. The monoisotopic (exact) mass is 356 g/mol. The highest BCUT2D eigenvalue weighted by atomic mass is 32.1. The van der Waals surface area contributed by atoms with Crippen LogP contribution in [0.3, 0.4) is 0 Å². The van der Waals surface area contributed by atoms with Crippen LogP contribution in [0.1, 0.15) is 56.4 Å². The number of nitrogens with one attached hydrogen (secondary N) is 1. The van der Waals surface area contributed by atoms with Crippen LogP contribution < -0.4 is 5.32 Å². The van der Waals surface area contributed by atoms with Crippen molar-refractivity contribution in [2.45, 2.75) is 26.2 Å². The molecule has 5 nitrogen and oxygen atoms in total. The summed E-state index contributed by atoms with van der Waals surface area (Å²) in [6, 6.07) is 6.74. The second-order valence-corrected chi connectivity index (χ2v) is 6.79. The molecule has 0 bridgehead atoms. The summed E-state index contributed by atoms with van der Waals surface area (Å²) in [4.78, 5) is 38.3. The minimum absolute atomic E-state index is 0.231. The SMILES string of the molecule is CCCCN1C(=O)c2ccc(C(=O)NCCc3ccsc3)cc2C1=O. The predicted octanol–water partition coefficient (Wildman–Crippen LogP) is 3.12. The van der Waals surface area contributed by atoms with Crippen LogP contribution >= 0.6 is 11.3 Å². The van der Waals surface area contributed by atoms with E-state index in [1.165, 1.54) is 16.5 Å². The molecule has 1 aromatic carbocycles. The topological polar surface area (TPSA) is 66.5 Å². The maximum Gasteiger partial charge on any atom is 0.261 e. The summed E-state index contributed by atoms with van der Waals surface area (Å²) in [5.41, 5.74) is 2.30. The van der Waals surface area contributed by atoms with Gasteiger partial charge in [0.15, 0.2) is 0 Å². The van der Waals surface area contributed by atoms with Crippen molar-refractivity contribution in [1.29, 1.82) is 0 Å². The van der Waals surface area contributed by atoms with Crippen molar-refractivity contribution in [1.82, 2.24) is 10.2 Å². The van der Waals surface area contributed by atoms with E-state index in [0.717, 1.165) is 19.3 Å². The first-order valence-corrected chi connectivity index (χ1v) is 9.35. The highest BCUT2D eigenvalue weighted by Gasteiger charge is 2.35. The van der Waals surface area contributed by atoms with E-state index in [1.807, 2.05) is 18.4 Å². The van der Waals surface area contributed by atoms with Crippen LogP contribution in [-0.4, -0.2) is 35.7 Å². The van der Waals surface area contributed by atoms with Gasteiger partial charge in [-0.3, -0.25) is 19.3 Å². The number of benzene rings is 1. The number of nitrogens with zero attached hydrogens (tertiary/aromatic N) is 1. The number of carbonyl (C=O) groups excluding carboxylic acids is 3. The van der Waals surface area contributed by atoms with E-state index in [1.54, 1.807) is 23.5 Å². The Kier molecular flexibility index (Phi) is 5.28. The normalized spacial score (nSPS) is 13.2. The van der Waals surface area contributed by atoms with Gasteiger partial charge in [-0.25, -0.2) is 0 Å². The lowest BCUT2D eigenvalue weighted by atomic mass is 10.1. The summed E-state index contributed by atoms with van der Waals surface area (Å²) >= 11 is 1.63. The molecule has 6 heteroatoms. The minimum atomic E-state index is -0.304. The summed E-state index contributed by atoms with van der Waals surface area (Å²) in [5.74, 6) is -0.801.